The van der Waals surface area contributed by atoms with Gasteiger partial charge in [0, 0.05) is 29.9 Å². The van der Waals surface area contributed by atoms with Gasteiger partial charge in [-0.25, -0.2) is 9.97 Å². The predicted octanol–water partition coefficient (Wildman–Crippen LogP) is 6.34. The number of carbonyl (C=O) groups excluding carboxylic acids is 1. The van der Waals surface area contributed by atoms with Gasteiger partial charge in [-0.05, 0) is 42.8 Å². The van der Waals surface area contributed by atoms with E-state index in [-0.39, 0.29) is 23.8 Å². The molecule has 0 saturated heterocycles. The molecule has 170 valence electrons. The topological polar surface area (TPSA) is 65.2 Å². The Hall–Kier alpha value is -3.39. The Morgan fingerprint density at radius 2 is 1.79 bits per heavy atom. The molecule has 0 radical (unpaired) electrons. The largest absolute Gasteiger partial charge is 0.481 e. The number of alkyl halides is 3. The van der Waals surface area contributed by atoms with E-state index in [1.807, 2.05) is 0 Å². The summed E-state index contributed by atoms with van der Waals surface area (Å²) in [6.45, 7) is 3.34. The fourth-order valence-corrected chi connectivity index (χ4v) is 3.89. The average Bonchev–Trinajstić information content (AvgIpc) is 3.12. The van der Waals surface area contributed by atoms with E-state index >= 15 is 0 Å². The molecule has 0 saturated carbocycles. The third-order valence-electron chi connectivity index (χ3n) is 5.21. The number of carbonyl (C=O) groups is 1. The molecule has 5 nitrogen and oxygen atoms in total. The fraction of sp³-hybridized carbons (Fsp3) is 0.208. The molecule has 0 unspecified atom stereocenters. The van der Waals surface area contributed by atoms with Crippen molar-refractivity contribution in [1.29, 1.82) is 0 Å². The van der Waals surface area contributed by atoms with Crippen LogP contribution in [0.15, 0.2) is 46.9 Å². The Morgan fingerprint density at radius 1 is 1.09 bits per heavy atom. The number of methoxy groups -OCH3 is 1. The second kappa shape index (κ2) is 8.51. The van der Waals surface area contributed by atoms with Gasteiger partial charge in [-0.1, -0.05) is 23.7 Å². The van der Waals surface area contributed by atoms with Crippen molar-refractivity contribution < 1.29 is 27.1 Å². The summed E-state index contributed by atoms with van der Waals surface area (Å²) in [5.74, 6) is 0.452. The maximum atomic E-state index is 12.9. The van der Waals surface area contributed by atoms with Crippen LogP contribution in [0.4, 0.5) is 13.2 Å². The molecule has 0 N–H and O–H groups in total. The van der Waals surface area contributed by atoms with E-state index in [4.69, 9.17) is 20.8 Å². The second-order valence-corrected chi connectivity index (χ2v) is 7.87. The van der Waals surface area contributed by atoms with E-state index in [1.54, 1.807) is 32.0 Å². The molecule has 4 rings (SSSR count). The van der Waals surface area contributed by atoms with Gasteiger partial charge in [-0.3, -0.25) is 4.79 Å². The smallest absolute Gasteiger partial charge is 0.416 e. The molecular formula is C24H18ClF3N2O3. The van der Waals surface area contributed by atoms with Gasteiger partial charge in [-0.15, -0.1) is 0 Å². The molecule has 0 spiro atoms. The number of rotatable bonds is 5. The van der Waals surface area contributed by atoms with Crippen LogP contribution in [0.5, 0.6) is 5.88 Å². The minimum Gasteiger partial charge on any atom is -0.481 e. The molecular weight excluding hydrogens is 457 g/mol. The molecule has 0 aliphatic heterocycles. The van der Waals surface area contributed by atoms with Crippen molar-refractivity contribution >= 4 is 28.3 Å². The standard InChI is InChI=1S/C24H18ClF3N2O3/c1-12-22(33-13(2)29-12)21(31)15-6-9-19-17(11-15)20(25)18(23(30-19)32-3)10-14-4-7-16(8-5-14)24(26,27)28/h4-9,11H,10H2,1-3H3. The monoisotopic (exact) mass is 474 g/mol. The molecule has 0 atom stereocenters. The quantitative estimate of drug-likeness (QED) is 0.316. The van der Waals surface area contributed by atoms with Crippen molar-refractivity contribution in [2.45, 2.75) is 26.4 Å². The molecule has 0 fully saturated rings. The first-order valence-electron chi connectivity index (χ1n) is 9.89. The van der Waals surface area contributed by atoms with Gasteiger partial charge in [0.2, 0.25) is 11.7 Å². The van der Waals surface area contributed by atoms with Crippen molar-refractivity contribution in [2.75, 3.05) is 7.11 Å². The van der Waals surface area contributed by atoms with Gasteiger partial charge in [-0.2, -0.15) is 13.2 Å². The minimum atomic E-state index is -4.41. The number of ketones is 1. The van der Waals surface area contributed by atoms with Crippen LogP contribution in [0.3, 0.4) is 0 Å². The first-order valence-corrected chi connectivity index (χ1v) is 10.3. The number of aromatic nitrogens is 2. The summed E-state index contributed by atoms with van der Waals surface area (Å²) >= 11 is 6.69. The summed E-state index contributed by atoms with van der Waals surface area (Å²) in [7, 11) is 1.44. The zero-order chi connectivity index (χ0) is 23.9. The Morgan fingerprint density at radius 3 is 2.36 bits per heavy atom. The third-order valence-corrected chi connectivity index (χ3v) is 5.64. The van der Waals surface area contributed by atoms with Crippen molar-refractivity contribution in [1.82, 2.24) is 9.97 Å². The molecule has 2 aromatic heterocycles. The normalized spacial score (nSPS) is 11.7. The van der Waals surface area contributed by atoms with E-state index in [0.29, 0.717) is 44.2 Å². The fourth-order valence-electron chi connectivity index (χ4n) is 3.59. The molecule has 9 heteroatoms. The summed E-state index contributed by atoms with van der Waals surface area (Å²) in [6.07, 6.45) is -4.22. The molecule has 0 aliphatic carbocycles. The van der Waals surface area contributed by atoms with E-state index < -0.39 is 11.7 Å². The van der Waals surface area contributed by atoms with Crippen LogP contribution in [0, 0.1) is 13.8 Å². The highest BCUT2D eigenvalue weighted by Crippen LogP contribution is 2.35. The number of aryl methyl sites for hydroxylation is 2. The highest BCUT2D eigenvalue weighted by molar-refractivity contribution is 6.36. The SMILES string of the molecule is COc1nc2ccc(C(=O)c3oc(C)nc3C)cc2c(Cl)c1Cc1ccc(C(F)(F)F)cc1. The number of oxazole rings is 1. The van der Waals surface area contributed by atoms with E-state index in [9.17, 15) is 18.0 Å². The summed E-state index contributed by atoms with van der Waals surface area (Å²) in [4.78, 5) is 21.5. The lowest BCUT2D eigenvalue weighted by Crippen LogP contribution is -2.05. The van der Waals surface area contributed by atoms with Crippen LogP contribution in [-0.2, 0) is 12.6 Å². The lowest BCUT2D eigenvalue weighted by atomic mass is 10.0. The third kappa shape index (κ3) is 4.43. The van der Waals surface area contributed by atoms with Crippen molar-refractivity contribution in [3.8, 4) is 5.88 Å². The first kappa shape index (κ1) is 22.8. The van der Waals surface area contributed by atoms with Gasteiger partial charge in [0.1, 0.15) is 0 Å². The van der Waals surface area contributed by atoms with E-state index in [2.05, 4.69) is 9.97 Å². The number of hydrogen-bond acceptors (Lipinski definition) is 5. The number of halogens is 4. The van der Waals surface area contributed by atoms with Gasteiger partial charge < -0.3 is 9.15 Å². The Labute approximate surface area is 192 Å². The first-order chi connectivity index (χ1) is 15.6. The number of nitrogens with zero attached hydrogens (tertiary/aromatic N) is 2. The number of benzene rings is 2. The predicted molar refractivity (Wildman–Crippen MR) is 117 cm³/mol. The average molecular weight is 475 g/mol. The molecule has 0 bridgehead atoms. The zero-order valence-corrected chi connectivity index (χ0v) is 18.6. The summed E-state index contributed by atoms with van der Waals surface area (Å²) < 4.78 is 49.4. The summed E-state index contributed by atoms with van der Waals surface area (Å²) in [5, 5.41) is 0.816. The zero-order valence-electron chi connectivity index (χ0n) is 17.9. The van der Waals surface area contributed by atoms with Crippen molar-refractivity contribution in [3.05, 3.63) is 87.1 Å². The van der Waals surface area contributed by atoms with Crippen LogP contribution in [0.25, 0.3) is 10.9 Å². The summed E-state index contributed by atoms with van der Waals surface area (Å²) in [6, 6.07) is 9.68. The van der Waals surface area contributed by atoms with Crippen LogP contribution in [-0.4, -0.2) is 22.9 Å². The minimum absolute atomic E-state index is 0.148. The van der Waals surface area contributed by atoms with E-state index in [1.165, 1.54) is 19.2 Å². The van der Waals surface area contributed by atoms with Gasteiger partial charge in [0.05, 0.1) is 28.9 Å². The number of pyridine rings is 1. The highest BCUT2D eigenvalue weighted by Gasteiger charge is 2.30. The molecule has 2 heterocycles. The second-order valence-electron chi connectivity index (χ2n) is 7.49. The number of fused-ring (bicyclic) bond motifs is 1. The van der Waals surface area contributed by atoms with Gasteiger partial charge in [0.25, 0.3) is 0 Å². The summed E-state index contributed by atoms with van der Waals surface area (Å²) in [5.41, 5.74) is 1.71. The number of ether oxygens (including phenoxy) is 1. The Kier molecular flexibility index (Phi) is 5.88. The van der Waals surface area contributed by atoms with Gasteiger partial charge >= 0.3 is 6.18 Å². The molecule has 0 amide bonds. The van der Waals surface area contributed by atoms with Crippen molar-refractivity contribution in [3.63, 3.8) is 0 Å². The molecule has 33 heavy (non-hydrogen) atoms. The Balaban J connectivity index is 1.76. The van der Waals surface area contributed by atoms with Crippen molar-refractivity contribution in [2.24, 2.45) is 0 Å². The van der Waals surface area contributed by atoms with Crippen LogP contribution < -0.4 is 4.74 Å². The maximum absolute atomic E-state index is 12.9. The number of hydrogen-bond donors (Lipinski definition) is 0. The van der Waals surface area contributed by atoms with Crippen LogP contribution in [0.2, 0.25) is 5.02 Å². The van der Waals surface area contributed by atoms with Crippen LogP contribution in [0.1, 0.15) is 44.4 Å². The maximum Gasteiger partial charge on any atom is 0.416 e. The Bertz CT molecular complexity index is 1360. The molecule has 0 aliphatic rings. The lowest BCUT2D eigenvalue weighted by Gasteiger charge is -2.14. The molecule has 2 aromatic carbocycles. The van der Waals surface area contributed by atoms with Crippen LogP contribution >= 0.6 is 11.6 Å². The van der Waals surface area contributed by atoms with Gasteiger partial charge in [0.15, 0.2) is 11.7 Å². The molecule has 4 aromatic rings. The highest BCUT2D eigenvalue weighted by atomic mass is 35.5. The van der Waals surface area contributed by atoms with E-state index in [0.717, 1.165) is 12.1 Å². The lowest BCUT2D eigenvalue weighted by molar-refractivity contribution is -0.137.